The standard InChI is InChI=1S/C18H26N2O/c1-19(2)18(11-7-12-18)15-20(3)14-17-9-5-4-8-16(17)10-6-13-21/h4-5,8-9,21H,7,11-15H2,1-3H3. The summed E-state index contributed by atoms with van der Waals surface area (Å²) in [4.78, 5) is 4.77. The summed E-state index contributed by atoms with van der Waals surface area (Å²) in [6.45, 7) is 1.89. The van der Waals surface area contributed by atoms with Gasteiger partial charge in [0.2, 0.25) is 0 Å². The molecule has 1 aromatic carbocycles. The van der Waals surface area contributed by atoms with E-state index in [0.717, 1.165) is 18.7 Å². The number of aliphatic hydroxyl groups excluding tert-OH is 1. The highest BCUT2D eigenvalue weighted by Crippen LogP contribution is 2.36. The Kier molecular flexibility index (Phi) is 5.41. The predicted molar refractivity (Wildman–Crippen MR) is 87.0 cm³/mol. The molecular formula is C18H26N2O. The maximum Gasteiger partial charge on any atom is 0.104 e. The largest absolute Gasteiger partial charge is 0.384 e. The summed E-state index contributed by atoms with van der Waals surface area (Å²) in [7, 11) is 6.56. The van der Waals surface area contributed by atoms with Crippen LogP contribution in [0, 0.1) is 11.8 Å². The summed E-state index contributed by atoms with van der Waals surface area (Å²) in [5.41, 5.74) is 2.60. The molecule has 3 nitrogen and oxygen atoms in total. The summed E-state index contributed by atoms with van der Waals surface area (Å²) in [5.74, 6) is 5.79. The lowest BCUT2D eigenvalue weighted by Crippen LogP contribution is -2.56. The third-order valence-corrected chi connectivity index (χ3v) is 4.56. The first kappa shape index (κ1) is 16.0. The van der Waals surface area contributed by atoms with Gasteiger partial charge in [-0.15, -0.1) is 0 Å². The van der Waals surface area contributed by atoms with Gasteiger partial charge < -0.3 is 14.9 Å². The van der Waals surface area contributed by atoms with Crippen molar-refractivity contribution in [1.82, 2.24) is 9.80 Å². The Morgan fingerprint density at radius 2 is 1.90 bits per heavy atom. The average Bonchev–Trinajstić information content (AvgIpc) is 2.41. The second-order valence-corrected chi connectivity index (χ2v) is 6.26. The lowest BCUT2D eigenvalue weighted by atomic mass is 9.75. The van der Waals surface area contributed by atoms with Gasteiger partial charge in [0.05, 0.1) is 0 Å². The van der Waals surface area contributed by atoms with E-state index in [0.29, 0.717) is 5.54 Å². The fourth-order valence-electron chi connectivity index (χ4n) is 3.10. The third-order valence-electron chi connectivity index (χ3n) is 4.56. The Morgan fingerprint density at radius 3 is 2.48 bits per heavy atom. The number of hydrogen-bond donors (Lipinski definition) is 1. The van der Waals surface area contributed by atoms with Crippen LogP contribution in [0.2, 0.25) is 0 Å². The topological polar surface area (TPSA) is 26.7 Å². The Balaban J connectivity index is 2.04. The fraction of sp³-hybridized carbons (Fsp3) is 0.556. The van der Waals surface area contributed by atoms with Gasteiger partial charge in [0.25, 0.3) is 0 Å². The van der Waals surface area contributed by atoms with Gasteiger partial charge in [-0.3, -0.25) is 0 Å². The van der Waals surface area contributed by atoms with Crippen LogP contribution in [-0.4, -0.2) is 54.7 Å². The SMILES string of the molecule is CN(Cc1ccccc1C#CCO)CC1(N(C)C)CCC1. The minimum Gasteiger partial charge on any atom is -0.384 e. The molecule has 21 heavy (non-hydrogen) atoms. The normalized spacial score (nSPS) is 16.5. The highest BCUT2D eigenvalue weighted by Gasteiger charge is 2.39. The van der Waals surface area contributed by atoms with Crippen LogP contribution in [0.15, 0.2) is 24.3 Å². The zero-order valence-corrected chi connectivity index (χ0v) is 13.4. The van der Waals surface area contributed by atoms with E-state index >= 15 is 0 Å². The summed E-state index contributed by atoms with van der Waals surface area (Å²) in [5, 5.41) is 8.86. The number of nitrogens with zero attached hydrogens (tertiary/aromatic N) is 2. The Morgan fingerprint density at radius 1 is 1.19 bits per heavy atom. The van der Waals surface area contributed by atoms with Gasteiger partial charge in [-0.1, -0.05) is 30.0 Å². The smallest absolute Gasteiger partial charge is 0.104 e. The van der Waals surface area contributed by atoms with Gasteiger partial charge in [0.15, 0.2) is 0 Å². The van der Waals surface area contributed by atoms with E-state index < -0.39 is 0 Å². The Hall–Kier alpha value is -1.34. The molecule has 1 fully saturated rings. The number of aliphatic hydroxyl groups is 1. The molecule has 1 aliphatic rings. The molecule has 0 unspecified atom stereocenters. The maximum atomic E-state index is 8.86. The van der Waals surface area contributed by atoms with E-state index in [9.17, 15) is 0 Å². The van der Waals surface area contributed by atoms with E-state index in [1.807, 2.05) is 12.1 Å². The molecule has 1 aromatic rings. The Labute approximate surface area is 128 Å². The van der Waals surface area contributed by atoms with Crippen molar-refractivity contribution in [3.8, 4) is 11.8 Å². The number of benzene rings is 1. The molecule has 0 saturated heterocycles. The minimum atomic E-state index is -0.0894. The van der Waals surface area contributed by atoms with Gasteiger partial charge >= 0.3 is 0 Å². The van der Waals surface area contributed by atoms with Crippen LogP contribution in [0.4, 0.5) is 0 Å². The molecule has 0 heterocycles. The number of likely N-dealkylation sites (N-methyl/N-ethyl adjacent to an activating group) is 2. The molecule has 0 atom stereocenters. The van der Waals surface area contributed by atoms with Crippen molar-refractivity contribution < 1.29 is 5.11 Å². The van der Waals surface area contributed by atoms with Crippen molar-refractivity contribution in [2.24, 2.45) is 0 Å². The second kappa shape index (κ2) is 7.09. The van der Waals surface area contributed by atoms with Crippen molar-refractivity contribution in [2.45, 2.75) is 31.3 Å². The zero-order valence-electron chi connectivity index (χ0n) is 13.4. The summed E-state index contributed by atoms with van der Waals surface area (Å²) < 4.78 is 0. The van der Waals surface area contributed by atoms with Gasteiger partial charge in [-0.25, -0.2) is 0 Å². The molecule has 0 radical (unpaired) electrons. The molecule has 0 spiro atoms. The van der Waals surface area contributed by atoms with Gasteiger partial charge in [0, 0.05) is 24.2 Å². The first-order chi connectivity index (χ1) is 10.1. The van der Waals surface area contributed by atoms with Crippen LogP contribution < -0.4 is 0 Å². The highest BCUT2D eigenvalue weighted by atomic mass is 16.2. The molecule has 0 aliphatic heterocycles. The van der Waals surface area contributed by atoms with Gasteiger partial charge in [0.1, 0.15) is 6.61 Å². The van der Waals surface area contributed by atoms with E-state index in [1.54, 1.807) is 0 Å². The van der Waals surface area contributed by atoms with Crippen molar-refractivity contribution in [2.75, 3.05) is 34.3 Å². The van der Waals surface area contributed by atoms with Crippen molar-refractivity contribution in [3.63, 3.8) is 0 Å². The molecule has 0 bridgehead atoms. The number of rotatable bonds is 5. The third kappa shape index (κ3) is 3.85. The van der Waals surface area contributed by atoms with E-state index in [1.165, 1.54) is 24.8 Å². The fourth-order valence-corrected chi connectivity index (χ4v) is 3.10. The van der Waals surface area contributed by atoms with E-state index in [4.69, 9.17) is 5.11 Å². The molecular weight excluding hydrogens is 260 g/mol. The molecule has 0 amide bonds. The second-order valence-electron chi connectivity index (χ2n) is 6.26. The van der Waals surface area contributed by atoms with Crippen LogP contribution in [0.3, 0.4) is 0 Å². The molecule has 1 N–H and O–H groups in total. The maximum absolute atomic E-state index is 8.86. The number of hydrogen-bond acceptors (Lipinski definition) is 3. The lowest BCUT2D eigenvalue weighted by Gasteiger charge is -2.49. The molecule has 2 rings (SSSR count). The van der Waals surface area contributed by atoms with E-state index in [-0.39, 0.29) is 6.61 Å². The average molecular weight is 286 g/mol. The van der Waals surface area contributed by atoms with Crippen LogP contribution in [0.5, 0.6) is 0 Å². The zero-order chi connectivity index (χ0) is 15.3. The minimum absolute atomic E-state index is 0.0894. The van der Waals surface area contributed by atoms with Crippen molar-refractivity contribution in [3.05, 3.63) is 35.4 Å². The van der Waals surface area contributed by atoms with Crippen molar-refractivity contribution >= 4 is 0 Å². The Bertz CT molecular complexity index is 524. The molecule has 3 heteroatoms. The van der Waals surface area contributed by atoms with Crippen LogP contribution in [0.25, 0.3) is 0 Å². The highest BCUT2D eigenvalue weighted by molar-refractivity contribution is 5.41. The van der Waals surface area contributed by atoms with Crippen LogP contribution in [0.1, 0.15) is 30.4 Å². The van der Waals surface area contributed by atoms with Crippen LogP contribution >= 0.6 is 0 Å². The molecule has 114 valence electrons. The lowest BCUT2D eigenvalue weighted by molar-refractivity contribution is 0.0259. The monoisotopic (exact) mass is 286 g/mol. The molecule has 1 aliphatic carbocycles. The first-order valence-electron chi connectivity index (χ1n) is 7.61. The molecule has 1 saturated carbocycles. The van der Waals surface area contributed by atoms with Gasteiger partial charge in [-0.05, 0) is 52.0 Å². The first-order valence-corrected chi connectivity index (χ1v) is 7.61. The van der Waals surface area contributed by atoms with Gasteiger partial charge in [-0.2, -0.15) is 0 Å². The summed E-state index contributed by atoms with van der Waals surface area (Å²) in [6, 6.07) is 8.20. The van der Waals surface area contributed by atoms with Crippen molar-refractivity contribution in [1.29, 1.82) is 0 Å². The summed E-state index contributed by atoms with van der Waals surface area (Å²) in [6.07, 6.45) is 3.91. The summed E-state index contributed by atoms with van der Waals surface area (Å²) >= 11 is 0. The van der Waals surface area contributed by atoms with E-state index in [2.05, 4.69) is 54.9 Å². The predicted octanol–water partition coefficient (Wildman–Crippen LogP) is 1.95. The van der Waals surface area contributed by atoms with Crippen LogP contribution in [-0.2, 0) is 6.54 Å². The quantitative estimate of drug-likeness (QED) is 0.838. The molecule has 0 aromatic heterocycles.